The number of carbonyl (C=O) groups excluding carboxylic acids is 1. The number of nitro groups is 1. The van der Waals surface area contributed by atoms with Crippen LogP contribution in [0.25, 0.3) is 0 Å². The molecule has 0 radical (unpaired) electrons. The van der Waals surface area contributed by atoms with Gasteiger partial charge in [-0.05, 0) is 6.07 Å². The first kappa shape index (κ1) is 13.4. The third-order valence-corrected chi connectivity index (χ3v) is 2.04. The van der Waals surface area contributed by atoms with Crippen LogP contribution in [0, 0.1) is 22.0 Å². The molecule has 6 heteroatoms. The van der Waals surface area contributed by atoms with E-state index in [9.17, 15) is 19.7 Å². The lowest BCUT2D eigenvalue weighted by atomic mass is 10.1. The van der Waals surface area contributed by atoms with Crippen LogP contribution in [0.3, 0.4) is 0 Å². The Balaban J connectivity index is 3.11. The Bertz CT molecular complexity index is 553. The number of aliphatic carboxylic acids is 1. The molecule has 1 aromatic rings. The molecule has 0 aromatic heterocycles. The highest BCUT2D eigenvalue weighted by atomic mass is 16.6. The molecule has 1 aromatic carbocycles. The highest BCUT2D eigenvalue weighted by Crippen LogP contribution is 2.20. The summed E-state index contributed by atoms with van der Waals surface area (Å²) in [6, 6.07) is 4.05. The Labute approximate surface area is 102 Å². The number of carbonyl (C=O) groups is 2. The van der Waals surface area contributed by atoms with Crippen LogP contribution in [0.4, 0.5) is 5.69 Å². The zero-order valence-corrected chi connectivity index (χ0v) is 9.25. The van der Waals surface area contributed by atoms with E-state index in [-0.39, 0.29) is 17.7 Å². The normalized spacial score (nSPS) is 9.11. The molecule has 0 bridgehead atoms. The van der Waals surface area contributed by atoms with Crippen molar-refractivity contribution in [3.8, 4) is 11.8 Å². The predicted molar refractivity (Wildman–Crippen MR) is 62.0 cm³/mol. The molecule has 92 valence electrons. The average molecular weight is 247 g/mol. The number of benzene rings is 1. The van der Waals surface area contributed by atoms with Crippen molar-refractivity contribution >= 4 is 17.9 Å². The molecule has 0 aliphatic carbocycles. The molecule has 0 saturated heterocycles. The van der Waals surface area contributed by atoms with Gasteiger partial charge in [-0.2, -0.15) is 0 Å². The topological polar surface area (TPSA) is 97.5 Å². The molecule has 0 aliphatic heterocycles. The van der Waals surface area contributed by atoms with E-state index < -0.39 is 17.3 Å². The van der Waals surface area contributed by atoms with Crippen LogP contribution in [-0.4, -0.2) is 22.3 Å². The number of aldehydes is 1. The van der Waals surface area contributed by atoms with Crippen molar-refractivity contribution in [3.63, 3.8) is 0 Å². The van der Waals surface area contributed by atoms with Gasteiger partial charge in [-0.25, -0.2) is 0 Å². The molecule has 0 saturated carbocycles. The molecule has 0 spiro atoms. The number of carboxylic acid groups (broad SMARTS) is 1. The second-order valence-corrected chi connectivity index (χ2v) is 3.34. The highest BCUT2D eigenvalue weighted by molar-refractivity contribution is 5.72. The fourth-order valence-corrected chi connectivity index (χ4v) is 1.32. The number of rotatable bonds is 4. The third-order valence-electron chi connectivity index (χ3n) is 2.04. The van der Waals surface area contributed by atoms with Crippen LogP contribution in [-0.2, 0) is 16.0 Å². The number of nitro benzene ring substituents is 1. The van der Waals surface area contributed by atoms with Gasteiger partial charge in [0.25, 0.3) is 5.69 Å². The Morgan fingerprint density at radius 1 is 1.50 bits per heavy atom. The van der Waals surface area contributed by atoms with Gasteiger partial charge in [0, 0.05) is 17.2 Å². The van der Waals surface area contributed by atoms with Crippen molar-refractivity contribution in [2.75, 3.05) is 0 Å². The minimum absolute atomic E-state index is 0.0463. The molecule has 6 nitrogen and oxygen atoms in total. The zero-order valence-electron chi connectivity index (χ0n) is 9.25. The lowest BCUT2D eigenvalue weighted by Crippen LogP contribution is -2.04. The van der Waals surface area contributed by atoms with Crippen molar-refractivity contribution in [2.45, 2.75) is 12.8 Å². The highest BCUT2D eigenvalue weighted by Gasteiger charge is 2.16. The summed E-state index contributed by atoms with van der Waals surface area (Å²) < 4.78 is 0. The Hall–Kier alpha value is -2.68. The molecular weight excluding hydrogens is 238 g/mol. The maximum absolute atomic E-state index is 10.8. The van der Waals surface area contributed by atoms with Crippen molar-refractivity contribution in [2.24, 2.45) is 0 Å². The molecule has 0 unspecified atom stereocenters. The quantitative estimate of drug-likeness (QED) is 0.372. The smallest absolute Gasteiger partial charge is 0.308 e. The number of hydrogen-bond donors (Lipinski definition) is 1. The second-order valence-electron chi connectivity index (χ2n) is 3.34. The molecular formula is C12H9NO5. The fraction of sp³-hybridized carbons (Fsp3) is 0.167. The Morgan fingerprint density at radius 3 is 2.78 bits per heavy atom. The van der Waals surface area contributed by atoms with Gasteiger partial charge in [-0.3, -0.25) is 14.9 Å². The molecule has 0 heterocycles. The summed E-state index contributed by atoms with van der Waals surface area (Å²) >= 11 is 0. The summed E-state index contributed by atoms with van der Waals surface area (Å²) in [6.07, 6.45) is 0.253. The summed E-state index contributed by atoms with van der Waals surface area (Å²) in [7, 11) is 0. The molecule has 1 rings (SSSR count). The van der Waals surface area contributed by atoms with Gasteiger partial charge in [-0.15, -0.1) is 0 Å². The van der Waals surface area contributed by atoms with Gasteiger partial charge < -0.3 is 9.90 Å². The van der Waals surface area contributed by atoms with Crippen LogP contribution < -0.4 is 0 Å². The maximum Gasteiger partial charge on any atom is 0.308 e. The van der Waals surface area contributed by atoms with Crippen LogP contribution in [0.15, 0.2) is 18.2 Å². The SMILES string of the molecule is O=CCC#Cc1ccc(CC(=O)O)c([N+](=O)[O-])c1. The van der Waals surface area contributed by atoms with Crippen LogP contribution in [0.1, 0.15) is 17.5 Å². The summed E-state index contributed by atoms with van der Waals surface area (Å²) in [5.74, 6) is 3.97. The molecule has 0 atom stereocenters. The van der Waals surface area contributed by atoms with Crippen LogP contribution in [0.2, 0.25) is 0 Å². The Kier molecular flexibility index (Phi) is 4.58. The summed E-state index contributed by atoms with van der Waals surface area (Å²) in [6.45, 7) is 0. The first-order chi connectivity index (χ1) is 8.54. The molecule has 1 N–H and O–H groups in total. The van der Waals surface area contributed by atoms with Crippen molar-refractivity contribution < 1.29 is 19.6 Å². The second kappa shape index (κ2) is 6.15. The van der Waals surface area contributed by atoms with Gasteiger partial charge in [0.2, 0.25) is 0 Å². The Morgan fingerprint density at radius 2 is 2.22 bits per heavy atom. The van der Waals surface area contributed by atoms with Gasteiger partial charge in [0.1, 0.15) is 6.29 Å². The molecule has 0 amide bonds. The standard InChI is InChI=1S/C12H9NO5/c14-6-2-1-3-9-4-5-10(8-12(15)16)11(7-9)13(17)18/h4-7H,2,8H2,(H,15,16). The molecule has 0 aliphatic rings. The van der Waals surface area contributed by atoms with E-state index in [0.717, 1.165) is 0 Å². The van der Waals surface area contributed by atoms with E-state index in [1.165, 1.54) is 18.2 Å². The van der Waals surface area contributed by atoms with Gasteiger partial charge in [0.15, 0.2) is 0 Å². The van der Waals surface area contributed by atoms with Crippen LogP contribution in [0.5, 0.6) is 0 Å². The minimum atomic E-state index is -1.14. The summed E-state index contributed by atoms with van der Waals surface area (Å²) in [4.78, 5) is 30.8. The monoisotopic (exact) mass is 247 g/mol. The van der Waals surface area contributed by atoms with E-state index in [4.69, 9.17) is 5.11 Å². The van der Waals surface area contributed by atoms with E-state index in [1.807, 2.05) is 0 Å². The summed E-state index contributed by atoms with van der Waals surface area (Å²) in [5, 5.41) is 19.4. The third kappa shape index (κ3) is 3.72. The van der Waals surface area contributed by atoms with Gasteiger partial charge >= 0.3 is 5.97 Å². The van der Waals surface area contributed by atoms with Gasteiger partial charge in [-0.1, -0.05) is 17.9 Å². The number of nitrogens with zero attached hydrogens (tertiary/aromatic N) is 1. The number of hydrogen-bond acceptors (Lipinski definition) is 4. The van der Waals surface area contributed by atoms with E-state index in [1.54, 1.807) is 0 Å². The van der Waals surface area contributed by atoms with Crippen molar-refractivity contribution in [1.29, 1.82) is 0 Å². The molecule has 18 heavy (non-hydrogen) atoms. The van der Waals surface area contributed by atoms with Crippen LogP contribution >= 0.6 is 0 Å². The average Bonchev–Trinajstić information content (AvgIpc) is 2.30. The predicted octanol–water partition coefficient (Wildman–Crippen LogP) is 1.16. The van der Waals surface area contributed by atoms with E-state index in [2.05, 4.69) is 11.8 Å². The molecule has 0 fully saturated rings. The lowest BCUT2D eigenvalue weighted by Gasteiger charge is -2.00. The van der Waals surface area contributed by atoms with E-state index >= 15 is 0 Å². The van der Waals surface area contributed by atoms with Crippen molar-refractivity contribution in [1.82, 2.24) is 0 Å². The maximum atomic E-state index is 10.8. The first-order valence-corrected chi connectivity index (χ1v) is 4.96. The van der Waals surface area contributed by atoms with E-state index in [0.29, 0.717) is 11.8 Å². The lowest BCUT2D eigenvalue weighted by molar-refractivity contribution is -0.385. The fourth-order valence-electron chi connectivity index (χ4n) is 1.32. The first-order valence-electron chi connectivity index (χ1n) is 4.96. The van der Waals surface area contributed by atoms with Crippen molar-refractivity contribution in [3.05, 3.63) is 39.4 Å². The zero-order chi connectivity index (χ0) is 13.5. The largest absolute Gasteiger partial charge is 0.481 e. The minimum Gasteiger partial charge on any atom is -0.481 e. The van der Waals surface area contributed by atoms with Gasteiger partial charge in [0.05, 0.1) is 17.8 Å². The summed E-state index contributed by atoms with van der Waals surface area (Å²) in [5.41, 5.74) is 0.210. The number of carboxylic acids is 1.